The van der Waals surface area contributed by atoms with Gasteiger partial charge in [-0.3, -0.25) is 9.69 Å². The van der Waals surface area contributed by atoms with Gasteiger partial charge in [0, 0.05) is 39.1 Å². The van der Waals surface area contributed by atoms with Crippen LogP contribution in [-0.4, -0.2) is 55.0 Å². The summed E-state index contributed by atoms with van der Waals surface area (Å²) in [7, 11) is 0. The van der Waals surface area contributed by atoms with Crippen LogP contribution in [0, 0.1) is 18.8 Å². The molecule has 0 spiro atoms. The topological polar surface area (TPSA) is 35.6 Å². The van der Waals surface area contributed by atoms with Crippen molar-refractivity contribution in [3.05, 3.63) is 35.4 Å². The van der Waals surface area contributed by atoms with E-state index in [4.69, 9.17) is 0 Å². The Balaban J connectivity index is 0.00000182. The van der Waals surface area contributed by atoms with E-state index in [-0.39, 0.29) is 24.8 Å². The van der Waals surface area contributed by atoms with E-state index in [2.05, 4.69) is 53.2 Å². The predicted octanol–water partition coefficient (Wildman–Crippen LogP) is 3.51. The van der Waals surface area contributed by atoms with E-state index in [1.807, 2.05) is 0 Å². The highest BCUT2D eigenvalue weighted by Crippen LogP contribution is 2.25. The van der Waals surface area contributed by atoms with Gasteiger partial charge >= 0.3 is 0 Å². The first kappa shape index (κ1) is 24.2. The van der Waals surface area contributed by atoms with Crippen LogP contribution < -0.4 is 5.32 Å². The lowest BCUT2D eigenvalue weighted by Gasteiger charge is -2.36. The first-order valence-electron chi connectivity index (χ1n) is 9.89. The molecule has 2 saturated heterocycles. The van der Waals surface area contributed by atoms with Crippen LogP contribution in [0.2, 0.25) is 0 Å². The molecule has 6 heteroatoms. The molecular weight excluding hydrogens is 381 g/mol. The summed E-state index contributed by atoms with van der Waals surface area (Å²) in [6.07, 6.45) is 3.17. The Bertz CT molecular complexity index is 570. The number of benzene rings is 1. The molecule has 1 N–H and O–H groups in total. The van der Waals surface area contributed by atoms with E-state index < -0.39 is 0 Å². The number of piperazine rings is 1. The van der Waals surface area contributed by atoms with Gasteiger partial charge in [0.25, 0.3) is 0 Å². The Kier molecular flexibility index (Phi) is 10.7. The average Bonchev–Trinajstić information content (AvgIpc) is 2.65. The summed E-state index contributed by atoms with van der Waals surface area (Å²) in [6, 6.07) is 8.61. The van der Waals surface area contributed by atoms with Crippen LogP contribution in [0.15, 0.2) is 24.3 Å². The molecule has 2 heterocycles. The van der Waals surface area contributed by atoms with E-state index in [1.54, 1.807) is 0 Å². The van der Waals surface area contributed by atoms with Gasteiger partial charge in [0.2, 0.25) is 5.91 Å². The van der Waals surface area contributed by atoms with Crippen LogP contribution in [-0.2, 0) is 11.3 Å². The zero-order valence-electron chi connectivity index (χ0n) is 16.7. The molecule has 1 amide bonds. The molecule has 1 aromatic carbocycles. The normalized spacial score (nSPS) is 19.7. The maximum absolute atomic E-state index is 12.7. The zero-order chi connectivity index (χ0) is 17.6. The molecule has 154 valence electrons. The number of aryl methyl sites for hydroxylation is 1. The van der Waals surface area contributed by atoms with E-state index in [1.165, 1.54) is 24.0 Å². The van der Waals surface area contributed by atoms with Gasteiger partial charge in [-0.1, -0.05) is 31.2 Å². The number of rotatable bonds is 5. The maximum Gasteiger partial charge on any atom is 0.222 e. The van der Waals surface area contributed by atoms with Crippen molar-refractivity contribution >= 4 is 30.7 Å². The van der Waals surface area contributed by atoms with Gasteiger partial charge in [-0.25, -0.2) is 0 Å². The molecule has 0 aromatic heterocycles. The smallest absolute Gasteiger partial charge is 0.222 e. The van der Waals surface area contributed by atoms with Gasteiger partial charge in [-0.15, -0.1) is 24.8 Å². The molecule has 1 unspecified atom stereocenters. The van der Waals surface area contributed by atoms with Crippen LogP contribution in [0.25, 0.3) is 0 Å². The second kappa shape index (κ2) is 11.9. The molecule has 0 saturated carbocycles. The highest BCUT2D eigenvalue weighted by atomic mass is 35.5. The number of amides is 1. The Morgan fingerprint density at radius 1 is 1.11 bits per heavy atom. The van der Waals surface area contributed by atoms with E-state index in [0.717, 1.165) is 52.2 Å². The fourth-order valence-corrected chi connectivity index (χ4v) is 4.17. The second-order valence-corrected chi connectivity index (χ2v) is 7.85. The standard InChI is InChI=1S/C21H33N3O.2ClH/c1-17-5-3-4-6-20(17)16-23-11-13-24(14-12-23)21(25)15-18(2)19-7-9-22-10-8-19;;/h3-6,18-19,22H,7-16H2,1-2H3;2*1H. The van der Waals surface area contributed by atoms with Crippen LogP contribution in [0.4, 0.5) is 0 Å². The molecule has 2 aliphatic heterocycles. The number of nitrogens with zero attached hydrogens (tertiary/aromatic N) is 2. The summed E-state index contributed by atoms with van der Waals surface area (Å²) in [5.74, 6) is 1.59. The Labute approximate surface area is 176 Å². The summed E-state index contributed by atoms with van der Waals surface area (Å²) in [4.78, 5) is 17.2. The van der Waals surface area contributed by atoms with Gasteiger partial charge in [-0.05, 0) is 55.8 Å². The summed E-state index contributed by atoms with van der Waals surface area (Å²) in [6.45, 7) is 11.4. The van der Waals surface area contributed by atoms with E-state index in [0.29, 0.717) is 17.7 Å². The minimum atomic E-state index is 0. The Morgan fingerprint density at radius 2 is 1.74 bits per heavy atom. The van der Waals surface area contributed by atoms with Crippen molar-refractivity contribution in [2.75, 3.05) is 39.3 Å². The average molecular weight is 416 g/mol. The summed E-state index contributed by atoms with van der Waals surface area (Å²) in [5.41, 5.74) is 2.76. The molecule has 2 fully saturated rings. The first-order valence-corrected chi connectivity index (χ1v) is 9.89. The number of hydrogen-bond acceptors (Lipinski definition) is 3. The van der Waals surface area contributed by atoms with Crippen molar-refractivity contribution in [2.24, 2.45) is 11.8 Å². The monoisotopic (exact) mass is 415 g/mol. The lowest BCUT2D eigenvalue weighted by atomic mass is 9.84. The molecule has 27 heavy (non-hydrogen) atoms. The molecule has 3 rings (SSSR count). The van der Waals surface area contributed by atoms with Crippen molar-refractivity contribution in [1.29, 1.82) is 0 Å². The number of carbonyl (C=O) groups excluding carboxylic acids is 1. The molecule has 2 aliphatic rings. The number of hydrogen-bond donors (Lipinski definition) is 1. The van der Waals surface area contributed by atoms with Crippen molar-refractivity contribution in [3.63, 3.8) is 0 Å². The molecule has 1 atom stereocenters. The van der Waals surface area contributed by atoms with Gasteiger partial charge in [0.1, 0.15) is 0 Å². The molecule has 0 bridgehead atoms. The lowest BCUT2D eigenvalue weighted by molar-refractivity contribution is -0.134. The molecule has 1 aromatic rings. The van der Waals surface area contributed by atoms with E-state index >= 15 is 0 Å². The Morgan fingerprint density at radius 3 is 2.37 bits per heavy atom. The number of halogens is 2. The highest BCUT2D eigenvalue weighted by Gasteiger charge is 2.26. The maximum atomic E-state index is 12.7. The first-order chi connectivity index (χ1) is 12.1. The van der Waals surface area contributed by atoms with Crippen LogP contribution in [0.1, 0.15) is 37.3 Å². The quantitative estimate of drug-likeness (QED) is 0.798. The van der Waals surface area contributed by atoms with Gasteiger partial charge < -0.3 is 10.2 Å². The minimum absolute atomic E-state index is 0. The summed E-state index contributed by atoms with van der Waals surface area (Å²) < 4.78 is 0. The van der Waals surface area contributed by atoms with Crippen LogP contribution >= 0.6 is 24.8 Å². The SMILES string of the molecule is Cc1ccccc1CN1CCN(C(=O)CC(C)C2CCNCC2)CC1.Cl.Cl. The Hall–Kier alpha value is -0.810. The van der Waals surface area contributed by atoms with Gasteiger partial charge in [0.05, 0.1) is 0 Å². The highest BCUT2D eigenvalue weighted by molar-refractivity contribution is 5.85. The third-order valence-electron chi connectivity index (χ3n) is 6.07. The van der Waals surface area contributed by atoms with Gasteiger partial charge in [-0.2, -0.15) is 0 Å². The third-order valence-corrected chi connectivity index (χ3v) is 6.07. The molecular formula is C21H35Cl2N3O. The van der Waals surface area contributed by atoms with E-state index in [9.17, 15) is 4.79 Å². The molecule has 4 nitrogen and oxygen atoms in total. The van der Waals surface area contributed by atoms with Crippen molar-refractivity contribution < 1.29 is 4.79 Å². The van der Waals surface area contributed by atoms with Gasteiger partial charge in [0.15, 0.2) is 0 Å². The number of nitrogens with one attached hydrogen (secondary N) is 1. The largest absolute Gasteiger partial charge is 0.340 e. The fourth-order valence-electron chi connectivity index (χ4n) is 4.17. The number of piperidine rings is 1. The van der Waals surface area contributed by atoms with Crippen molar-refractivity contribution in [2.45, 2.75) is 39.7 Å². The summed E-state index contributed by atoms with van der Waals surface area (Å²) >= 11 is 0. The second-order valence-electron chi connectivity index (χ2n) is 7.85. The fraction of sp³-hybridized carbons (Fsp3) is 0.667. The van der Waals surface area contributed by atoms with Crippen LogP contribution in [0.5, 0.6) is 0 Å². The summed E-state index contributed by atoms with van der Waals surface area (Å²) in [5, 5.41) is 3.41. The lowest BCUT2D eigenvalue weighted by Crippen LogP contribution is -2.48. The third kappa shape index (κ3) is 6.94. The van der Waals surface area contributed by atoms with Crippen LogP contribution in [0.3, 0.4) is 0 Å². The molecule has 0 radical (unpaired) electrons. The van der Waals surface area contributed by atoms with Crippen molar-refractivity contribution in [1.82, 2.24) is 15.1 Å². The minimum Gasteiger partial charge on any atom is -0.340 e. The zero-order valence-corrected chi connectivity index (χ0v) is 18.3. The number of carbonyl (C=O) groups is 1. The van der Waals surface area contributed by atoms with Crippen molar-refractivity contribution in [3.8, 4) is 0 Å². The predicted molar refractivity (Wildman–Crippen MR) is 117 cm³/mol. The molecule has 0 aliphatic carbocycles.